The number of carbonyl (C=O) groups excluding carboxylic acids is 1. The highest BCUT2D eigenvalue weighted by molar-refractivity contribution is 5.88. The molecule has 0 spiro atoms. The van der Waals surface area contributed by atoms with Gasteiger partial charge in [0.25, 0.3) is 5.56 Å². The molecular formula is C14H16N6O2. The Morgan fingerprint density at radius 3 is 2.59 bits per heavy atom. The predicted molar refractivity (Wildman–Crippen MR) is 81.9 cm³/mol. The summed E-state index contributed by atoms with van der Waals surface area (Å²) >= 11 is 0. The molecule has 0 atom stereocenters. The van der Waals surface area contributed by atoms with Crippen LogP contribution in [0.2, 0.25) is 0 Å². The van der Waals surface area contributed by atoms with Crippen LogP contribution in [0.4, 0.5) is 16.4 Å². The van der Waals surface area contributed by atoms with Gasteiger partial charge in [0.05, 0.1) is 0 Å². The van der Waals surface area contributed by atoms with Crippen molar-refractivity contribution in [1.82, 2.24) is 20.1 Å². The Labute approximate surface area is 126 Å². The summed E-state index contributed by atoms with van der Waals surface area (Å²) in [6.45, 7) is 2.66. The van der Waals surface area contributed by atoms with Crippen molar-refractivity contribution in [3.8, 4) is 0 Å². The fraction of sp³-hybridized carbons (Fsp3) is 0.286. The van der Waals surface area contributed by atoms with Crippen LogP contribution in [0.3, 0.4) is 0 Å². The van der Waals surface area contributed by atoms with Crippen LogP contribution < -0.4 is 15.8 Å². The Morgan fingerprint density at radius 1 is 1.14 bits per heavy atom. The zero-order chi connectivity index (χ0) is 15.4. The molecule has 0 aliphatic carbocycles. The third kappa shape index (κ3) is 3.22. The Morgan fingerprint density at radius 2 is 1.95 bits per heavy atom. The van der Waals surface area contributed by atoms with E-state index in [9.17, 15) is 9.59 Å². The number of rotatable bonds is 2. The maximum Gasteiger partial charge on any atom is 0.323 e. The highest BCUT2D eigenvalue weighted by Crippen LogP contribution is 2.13. The van der Waals surface area contributed by atoms with Gasteiger partial charge in [0, 0.05) is 38.4 Å². The summed E-state index contributed by atoms with van der Waals surface area (Å²) in [6, 6.07) is 8.36. The normalized spacial score (nSPS) is 14.7. The van der Waals surface area contributed by atoms with E-state index in [0.717, 1.165) is 18.9 Å². The highest BCUT2D eigenvalue weighted by atomic mass is 16.2. The first-order valence-electron chi connectivity index (χ1n) is 7.00. The largest absolute Gasteiger partial charge is 0.353 e. The zero-order valence-corrected chi connectivity index (χ0v) is 11.9. The second-order valence-electron chi connectivity index (χ2n) is 4.90. The average Bonchev–Trinajstić information content (AvgIpc) is 2.58. The molecule has 1 saturated heterocycles. The number of aromatic amines is 1. The van der Waals surface area contributed by atoms with Crippen LogP contribution in [0, 0.1) is 0 Å². The third-order valence-corrected chi connectivity index (χ3v) is 3.45. The second kappa shape index (κ2) is 6.25. The molecule has 0 bridgehead atoms. The first kappa shape index (κ1) is 14.1. The molecule has 22 heavy (non-hydrogen) atoms. The molecule has 0 radical (unpaired) electrons. The molecule has 8 heteroatoms. The summed E-state index contributed by atoms with van der Waals surface area (Å²) in [5.74, 6) is 1.25. The quantitative estimate of drug-likeness (QED) is 0.843. The maximum absolute atomic E-state index is 12.1. The Kier molecular flexibility index (Phi) is 3.99. The number of anilines is 2. The van der Waals surface area contributed by atoms with Crippen molar-refractivity contribution in [2.45, 2.75) is 0 Å². The third-order valence-electron chi connectivity index (χ3n) is 3.45. The summed E-state index contributed by atoms with van der Waals surface area (Å²) in [5.41, 5.74) is -0.304. The minimum absolute atomic E-state index is 0.222. The lowest BCUT2D eigenvalue weighted by atomic mass is 10.3. The molecule has 0 aromatic carbocycles. The van der Waals surface area contributed by atoms with Crippen LogP contribution in [0.15, 0.2) is 41.3 Å². The Bertz CT molecular complexity index is 673. The Balaban J connectivity index is 1.56. The fourth-order valence-corrected chi connectivity index (χ4v) is 2.28. The van der Waals surface area contributed by atoms with Gasteiger partial charge >= 0.3 is 6.03 Å². The van der Waals surface area contributed by atoms with Gasteiger partial charge in [0.2, 0.25) is 0 Å². The molecule has 1 fully saturated rings. The average molecular weight is 300 g/mol. The minimum Gasteiger partial charge on any atom is -0.353 e. The monoisotopic (exact) mass is 300 g/mol. The lowest BCUT2D eigenvalue weighted by Gasteiger charge is -2.35. The van der Waals surface area contributed by atoms with Gasteiger partial charge < -0.3 is 9.80 Å². The van der Waals surface area contributed by atoms with E-state index in [4.69, 9.17) is 0 Å². The molecule has 2 N–H and O–H groups in total. The molecule has 3 heterocycles. The number of hydrogen-bond acceptors (Lipinski definition) is 5. The van der Waals surface area contributed by atoms with E-state index >= 15 is 0 Å². The van der Waals surface area contributed by atoms with E-state index in [2.05, 4.69) is 25.4 Å². The van der Waals surface area contributed by atoms with Crippen molar-refractivity contribution >= 4 is 17.7 Å². The summed E-state index contributed by atoms with van der Waals surface area (Å²) in [6.07, 6.45) is 1.76. The van der Waals surface area contributed by atoms with Gasteiger partial charge in [-0.25, -0.2) is 14.9 Å². The predicted octanol–water partition coefficient (Wildman–Crippen LogP) is 0.519. The standard InChI is InChI=1S/C14H16N6O2/c21-13-5-4-11(17-18-13)16-14(22)20-9-7-19(8-10-20)12-3-1-2-6-15-12/h1-6H,7-10H2,(H,18,21)(H,16,17,22). The van der Waals surface area contributed by atoms with Gasteiger partial charge in [-0.3, -0.25) is 10.1 Å². The molecule has 1 aliphatic heterocycles. The van der Waals surface area contributed by atoms with Crippen LogP contribution in [0.5, 0.6) is 0 Å². The van der Waals surface area contributed by atoms with E-state index in [-0.39, 0.29) is 11.6 Å². The lowest BCUT2D eigenvalue weighted by Crippen LogP contribution is -2.50. The summed E-state index contributed by atoms with van der Waals surface area (Å²) in [7, 11) is 0. The van der Waals surface area contributed by atoms with Crippen molar-refractivity contribution in [2.75, 3.05) is 36.4 Å². The number of pyridine rings is 1. The molecule has 1 aliphatic rings. The van der Waals surface area contributed by atoms with Crippen molar-refractivity contribution in [3.05, 3.63) is 46.9 Å². The molecule has 2 aromatic heterocycles. The fourth-order valence-electron chi connectivity index (χ4n) is 2.28. The van der Waals surface area contributed by atoms with E-state index < -0.39 is 0 Å². The molecule has 3 rings (SSSR count). The number of carbonyl (C=O) groups is 1. The van der Waals surface area contributed by atoms with E-state index in [0.29, 0.717) is 18.9 Å². The Hall–Kier alpha value is -2.90. The maximum atomic E-state index is 12.1. The second-order valence-corrected chi connectivity index (χ2v) is 4.90. The van der Waals surface area contributed by atoms with Gasteiger partial charge in [-0.15, -0.1) is 0 Å². The van der Waals surface area contributed by atoms with Gasteiger partial charge in [-0.05, 0) is 18.2 Å². The number of urea groups is 1. The minimum atomic E-state index is -0.304. The summed E-state index contributed by atoms with van der Waals surface area (Å²) < 4.78 is 0. The lowest BCUT2D eigenvalue weighted by molar-refractivity contribution is 0.208. The van der Waals surface area contributed by atoms with E-state index in [1.54, 1.807) is 11.1 Å². The first-order chi connectivity index (χ1) is 10.7. The first-order valence-corrected chi connectivity index (χ1v) is 7.00. The summed E-state index contributed by atoms with van der Waals surface area (Å²) in [5, 5.41) is 8.71. The topological polar surface area (TPSA) is 94.2 Å². The SMILES string of the molecule is O=C(Nc1ccc(=O)[nH]n1)N1CCN(c2ccccn2)CC1. The van der Waals surface area contributed by atoms with Crippen LogP contribution in [-0.2, 0) is 0 Å². The van der Waals surface area contributed by atoms with Crippen LogP contribution in [0.25, 0.3) is 0 Å². The number of nitrogens with zero attached hydrogens (tertiary/aromatic N) is 4. The molecule has 2 aromatic rings. The van der Waals surface area contributed by atoms with Crippen molar-refractivity contribution in [2.24, 2.45) is 0 Å². The van der Waals surface area contributed by atoms with Crippen molar-refractivity contribution in [3.63, 3.8) is 0 Å². The van der Waals surface area contributed by atoms with Gasteiger partial charge in [0.15, 0.2) is 5.82 Å². The number of amides is 2. The molecule has 0 unspecified atom stereocenters. The molecule has 114 valence electrons. The van der Waals surface area contributed by atoms with Gasteiger partial charge in [-0.2, -0.15) is 5.10 Å². The van der Waals surface area contributed by atoms with Crippen LogP contribution >= 0.6 is 0 Å². The van der Waals surface area contributed by atoms with Crippen LogP contribution in [0.1, 0.15) is 0 Å². The number of hydrogen-bond donors (Lipinski definition) is 2. The van der Waals surface area contributed by atoms with Gasteiger partial charge in [-0.1, -0.05) is 6.07 Å². The highest BCUT2D eigenvalue weighted by Gasteiger charge is 2.21. The number of aromatic nitrogens is 3. The van der Waals surface area contributed by atoms with E-state index in [1.807, 2.05) is 18.2 Å². The zero-order valence-electron chi connectivity index (χ0n) is 11.9. The smallest absolute Gasteiger partial charge is 0.323 e. The van der Waals surface area contributed by atoms with Gasteiger partial charge in [0.1, 0.15) is 5.82 Å². The molecular weight excluding hydrogens is 284 g/mol. The molecule has 8 nitrogen and oxygen atoms in total. The van der Waals surface area contributed by atoms with Crippen molar-refractivity contribution in [1.29, 1.82) is 0 Å². The number of nitrogens with one attached hydrogen (secondary N) is 2. The number of piperazine rings is 1. The van der Waals surface area contributed by atoms with Crippen molar-refractivity contribution < 1.29 is 4.79 Å². The van der Waals surface area contributed by atoms with Crippen LogP contribution in [-0.4, -0.2) is 52.3 Å². The van der Waals surface area contributed by atoms with E-state index in [1.165, 1.54) is 12.1 Å². The number of H-pyrrole nitrogens is 1. The summed E-state index contributed by atoms with van der Waals surface area (Å²) in [4.78, 5) is 31.2. The molecule has 2 amide bonds. The molecule has 0 saturated carbocycles.